The molecule has 0 bridgehead atoms. The van der Waals surface area contributed by atoms with Gasteiger partial charge in [0.1, 0.15) is 0 Å². The van der Waals surface area contributed by atoms with Crippen LogP contribution < -0.4 is 0 Å². The Morgan fingerprint density at radius 2 is 1.84 bits per heavy atom. The van der Waals surface area contributed by atoms with E-state index in [4.69, 9.17) is 0 Å². The van der Waals surface area contributed by atoms with Crippen LogP contribution in [0.3, 0.4) is 0 Å². The van der Waals surface area contributed by atoms with E-state index < -0.39 is 0 Å². The molecule has 0 radical (unpaired) electrons. The van der Waals surface area contributed by atoms with E-state index in [2.05, 4.69) is 26.8 Å². The quantitative estimate of drug-likeness (QED) is 0.509. The van der Waals surface area contributed by atoms with Gasteiger partial charge in [0.25, 0.3) is 0 Å². The Hall–Kier alpha value is -0.260. The molecule has 3 aliphatic carbocycles. The Bertz CT molecular complexity index is 353. The molecule has 0 aromatic carbocycles. The van der Waals surface area contributed by atoms with Gasteiger partial charge in [0.15, 0.2) is 0 Å². The normalized spacial score (nSPS) is 49.3. The zero-order chi connectivity index (χ0) is 13.5. The third-order valence-electron chi connectivity index (χ3n) is 7.04. The zero-order valence-corrected chi connectivity index (χ0v) is 13.3. The second-order valence-electron chi connectivity index (χ2n) is 7.86. The van der Waals surface area contributed by atoms with Crippen LogP contribution in [0.2, 0.25) is 0 Å². The number of hydrogen-bond acceptors (Lipinski definition) is 0. The van der Waals surface area contributed by atoms with E-state index in [0.717, 1.165) is 23.7 Å². The van der Waals surface area contributed by atoms with E-state index in [0.29, 0.717) is 5.41 Å². The molecule has 0 aromatic heterocycles. The largest absolute Gasteiger partial charge is 0.0876 e. The highest BCUT2D eigenvalue weighted by atomic mass is 14.5. The van der Waals surface area contributed by atoms with Crippen LogP contribution in [-0.4, -0.2) is 0 Å². The van der Waals surface area contributed by atoms with Crippen LogP contribution in [0, 0.1) is 29.1 Å². The highest BCUT2D eigenvalue weighted by Gasteiger charge is 2.47. The predicted octanol–water partition coefficient (Wildman–Crippen LogP) is 5.98. The van der Waals surface area contributed by atoms with Gasteiger partial charge in [0.2, 0.25) is 0 Å². The van der Waals surface area contributed by atoms with Crippen LogP contribution in [0.1, 0.15) is 78.6 Å². The van der Waals surface area contributed by atoms with Gasteiger partial charge in [-0.15, -0.1) is 0 Å². The van der Waals surface area contributed by atoms with Crippen molar-refractivity contribution in [2.45, 2.75) is 78.6 Å². The van der Waals surface area contributed by atoms with Crippen molar-refractivity contribution in [3.63, 3.8) is 0 Å². The molecule has 3 saturated carbocycles. The van der Waals surface area contributed by atoms with E-state index in [-0.39, 0.29) is 0 Å². The molecule has 3 fully saturated rings. The van der Waals surface area contributed by atoms with Gasteiger partial charge in [-0.2, -0.15) is 0 Å². The highest BCUT2D eigenvalue weighted by molar-refractivity contribution is 5.23. The lowest BCUT2D eigenvalue weighted by Crippen LogP contribution is -2.42. The zero-order valence-electron chi connectivity index (χ0n) is 13.3. The van der Waals surface area contributed by atoms with E-state index in [1.165, 1.54) is 57.8 Å². The fraction of sp³-hybridized carbons (Fsp3) is 0.895. The first-order chi connectivity index (χ1) is 9.16. The Morgan fingerprint density at radius 1 is 1.00 bits per heavy atom. The van der Waals surface area contributed by atoms with Crippen LogP contribution >= 0.6 is 0 Å². The highest BCUT2D eigenvalue weighted by Crippen LogP contribution is 2.58. The number of fused-ring (bicyclic) bond motifs is 1. The average Bonchev–Trinajstić information content (AvgIpc) is 2.82. The average molecular weight is 260 g/mol. The first kappa shape index (κ1) is 13.7. The molecule has 3 rings (SSSR count). The van der Waals surface area contributed by atoms with Gasteiger partial charge in [-0.1, -0.05) is 51.2 Å². The van der Waals surface area contributed by atoms with Gasteiger partial charge in [-0.05, 0) is 68.1 Å². The molecule has 108 valence electrons. The molecule has 0 saturated heterocycles. The Kier molecular flexibility index (Phi) is 3.80. The summed E-state index contributed by atoms with van der Waals surface area (Å²) < 4.78 is 0. The topological polar surface area (TPSA) is 0 Å². The molecule has 3 aliphatic rings. The third-order valence-corrected chi connectivity index (χ3v) is 7.04. The van der Waals surface area contributed by atoms with Crippen molar-refractivity contribution in [3.8, 4) is 0 Å². The van der Waals surface area contributed by atoms with Gasteiger partial charge < -0.3 is 0 Å². The maximum Gasteiger partial charge on any atom is -0.00854 e. The molecular weight excluding hydrogens is 228 g/mol. The summed E-state index contributed by atoms with van der Waals surface area (Å²) in [6, 6.07) is 0. The summed E-state index contributed by atoms with van der Waals surface area (Å²) in [5, 5.41) is 0. The Morgan fingerprint density at radius 3 is 2.53 bits per heavy atom. The minimum absolute atomic E-state index is 0.568. The molecule has 0 N–H and O–H groups in total. The van der Waals surface area contributed by atoms with Crippen LogP contribution in [0.4, 0.5) is 0 Å². The van der Waals surface area contributed by atoms with Crippen LogP contribution in [-0.2, 0) is 0 Å². The van der Waals surface area contributed by atoms with Crippen molar-refractivity contribution in [2.24, 2.45) is 29.1 Å². The number of allylic oxidation sites excluding steroid dienone is 2. The monoisotopic (exact) mass is 260 g/mol. The standard InChI is InChI=1S/C19H32/c1-4-18-17(16-10-7-8-14(16)2)12-11-15-9-5-6-13-19(15,18)3/h4,14-17H,5-13H2,1-3H3. The Labute approximate surface area is 120 Å². The molecule has 0 nitrogen and oxygen atoms in total. The van der Waals surface area contributed by atoms with E-state index in [9.17, 15) is 0 Å². The summed E-state index contributed by atoms with van der Waals surface area (Å²) in [7, 11) is 0. The van der Waals surface area contributed by atoms with Gasteiger partial charge >= 0.3 is 0 Å². The summed E-state index contributed by atoms with van der Waals surface area (Å²) in [5.41, 5.74) is 2.44. The van der Waals surface area contributed by atoms with E-state index in [1.807, 2.05) is 5.57 Å². The van der Waals surface area contributed by atoms with Crippen molar-refractivity contribution in [1.29, 1.82) is 0 Å². The molecule has 0 spiro atoms. The summed E-state index contributed by atoms with van der Waals surface area (Å²) >= 11 is 0. The SMILES string of the molecule is CC=C1C(C2CCCC2C)CCC2CCCCC12C. The molecule has 19 heavy (non-hydrogen) atoms. The van der Waals surface area contributed by atoms with Crippen LogP contribution in [0.5, 0.6) is 0 Å². The summed E-state index contributed by atoms with van der Waals surface area (Å²) in [6.07, 6.45) is 15.9. The van der Waals surface area contributed by atoms with Crippen molar-refractivity contribution in [1.82, 2.24) is 0 Å². The fourth-order valence-corrected chi connectivity index (χ4v) is 5.97. The number of rotatable bonds is 1. The molecular formula is C19H32. The number of hydrogen-bond donors (Lipinski definition) is 0. The second kappa shape index (κ2) is 5.26. The van der Waals surface area contributed by atoms with E-state index >= 15 is 0 Å². The lowest BCUT2D eigenvalue weighted by atomic mass is 9.53. The fourth-order valence-electron chi connectivity index (χ4n) is 5.97. The first-order valence-corrected chi connectivity index (χ1v) is 8.83. The maximum absolute atomic E-state index is 2.61. The van der Waals surface area contributed by atoms with Gasteiger partial charge in [-0.3, -0.25) is 0 Å². The Balaban J connectivity index is 1.87. The summed E-state index contributed by atoms with van der Waals surface area (Å²) in [4.78, 5) is 0. The van der Waals surface area contributed by atoms with Gasteiger partial charge in [0, 0.05) is 0 Å². The third kappa shape index (κ3) is 2.20. The van der Waals surface area contributed by atoms with E-state index in [1.54, 1.807) is 0 Å². The minimum atomic E-state index is 0.568. The minimum Gasteiger partial charge on any atom is -0.0876 e. The molecule has 0 amide bonds. The first-order valence-electron chi connectivity index (χ1n) is 8.83. The molecule has 5 unspecified atom stereocenters. The molecule has 0 aromatic rings. The van der Waals surface area contributed by atoms with Crippen molar-refractivity contribution < 1.29 is 0 Å². The van der Waals surface area contributed by atoms with Gasteiger partial charge in [-0.25, -0.2) is 0 Å². The lowest BCUT2D eigenvalue weighted by molar-refractivity contribution is 0.0748. The second-order valence-corrected chi connectivity index (χ2v) is 7.86. The maximum atomic E-state index is 2.61. The van der Waals surface area contributed by atoms with Crippen LogP contribution in [0.25, 0.3) is 0 Å². The van der Waals surface area contributed by atoms with Crippen LogP contribution in [0.15, 0.2) is 11.6 Å². The summed E-state index contributed by atoms with van der Waals surface area (Å²) in [5.74, 6) is 3.91. The lowest BCUT2D eigenvalue weighted by Gasteiger charge is -2.52. The van der Waals surface area contributed by atoms with Crippen molar-refractivity contribution >= 4 is 0 Å². The smallest absolute Gasteiger partial charge is 0.00854 e. The van der Waals surface area contributed by atoms with Crippen molar-refractivity contribution in [2.75, 3.05) is 0 Å². The molecule has 0 aliphatic heterocycles. The predicted molar refractivity (Wildman–Crippen MR) is 83.1 cm³/mol. The van der Waals surface area contributed by atoms with Crippen molar-refractivity contribution in [3.05, 3.63) is 11.6 Å². The van der Waals surface area contributed by atoms with Gasteiger partial charge in [0.05, 0.1) is 0 Å². The molecule has 0 heteroatoms. The molecule has 0 heterocycles. The molecule has 5 atom stereocenters. The summed E-state index contributed by atoms with van der Waals surface area (Å²) in [6.45, 7) is 7.45.